The summed E-state index contributed by atoms with van der Waals surface area (Å²) in [7, 11) is 0. The first-order valence-corrected chi connectivity index (χ1v) is 7.79. The molecule has 2 unspecified atom stereocenters. The largest absolute Gasteiger partial charge is 0.480 e. The van der Waals surface area contributed by atoms with Crippen LogP contribution >= 0.6 is 0 Å². The third-order valence-corrected chi connectivity index (χ3v) is 4.46. The Balaban J connectivity index is 1.92. The highest BCUT2D eigenvalue weighted by molar-refractivity contribution is 5.85. The number of hydrogen-bond acceptors (Lipinski definition) is 3. The summed E-state index contributed by atoms with van der Waals surface area (Å²) in [6, 6.07) is -0.800. The van der Waals surface area contributed by atoms with Crippen LogP contribution in [0.1, 0.15) is 51.4 Å². The number of carboxylic acids is 1. The molecule has 5 heteroatoms. The van der Waals surface area contributed by atoms with E-state index in [1.54, 1.807) is 0 Å². The molecule has 0 aromatic heterocycles. The Bertz CT molecular complexity index is 331. The van der Waals surface area contributed by atoms with Crippen molar-refractivity contribution in [3.05, 3.63) is 0 Å². The molecule has 0 aromatic rings. The molecule has 2 N–H and O–H groups in total. The lowest BCUT2D eigenvalue weighted by Crippen LogP contribution is -2.50. The zero-order valence-electron chi connectivity index (χ0n) is 12.0. The summed E-state index contributed by atoms with van der Waals surface area (Å²) in [6.45, 7) is 1.13. The molecular weight excluding hydrogens is 258 g/mol. The molecule has 0 spiro atoms. The molecule has 2 fully saturated rings. The van der Waals surface area contributed by atoms with Gasteiger partial charge in [-0.2, -0.15) is 0 Å². The maximum absolute atomic E-state index is 12.3. The quantitative estimate of drug-likeness (QED) is 0.773. The van der Waals surface area contributed by atoms with Crippen LogP contribution in [0, 0.1) is 11.8 Å². The van der Waals surface area contributed by atoms with Gasteiger partial charge in [-0.3, -0.25) is 4.79 Å². The Morgan fingerprint density at radius 3 is 2.30 bits per heavy atom. The molecular formula is C15H25NO4. The van der Waals surface area contributed by atoms with Crippen molar-refractivity contribution in [3.63, 3.8) is 0 Å². The maximum Gasteiger partial charge on any atom is 0.326 e. The van der Waals surface area contributed by atoms with Crippen molar-refractivity contribution in [2.24, 2.45) is 11.8 Å². The fraction of sp³-hybridized carbons (Fsp3) is 0.867. The minimum absolute atomic E-state index is 0.0103. The standard InChI is InChI=1S/C15H25NO4/c17-14(11-6-3-1-2-4-7-11)16-13(15(18)19)12-8-5-9-20-10-12/h11-13H,1-10H2,(H,16,17)(H,18,19). The van der Waals surface area contributed by atoms with Gasteiger partial charge in [0.2, 0.25) is 5.91 Å². The van der Waals surface area contributed by atoms with Crippen molar-refractivity contribution in [2.45, 2.75) is 57.4 Å². The van der Waals surface area contributed by atoms with E-state index in [0.29, 0.717) is 13.2 Å². The second kappa shape index (κ2) is 7.62. The van der Waals surface area contributed by atoms with E-state index in [4.69, 9.17) is 4.74 Å². The number of aliphatic carboxylic acids is 1. The van der Waals surface area contributed by atoms with Crippen LogP contribution in [0.4, 0.5) is 0 Å². The minimum atomic E-state index is -0.942. The van der Waals surface area contributed by atoms with E-state index in [2.05, 4.69) is 5.32 Å². The molecule has 1 aliphatic heterocycles. The van der Waals surface area contributed by atoms with Crippen LogP contribution in [0.25, 0.3) is 0 Å². The Hall–Kier alpha value is -1.10. The molecule has 2 rings (SSSR count). The van der Waals surface area contributed by atoms with Gasteiger partial charge in [-0.25, -0.2) is 4.79 Å². The molecule has 0 bridgehead atoms. The van der Waals surface area contributed by atoms with Crippen molar-refractivity contribution < 1.29 is 19.4 Å². The predicted octanol–water partition coefficient (Wildman–Crippen LogP) is 1.95. The summed E-state index contributed by atoms with van der Waals surface area (Å²) >= 11 is 0. The van der Waals surface area contributed by atoms with Crippen molar-refractivity contribution in [1.82, 2.24) is 5.32 Å². The summed E-state index contributed by atoms with van der Waals surface area (Å²) in [5.74, 6) is -1.13. The fourth-order valence-corrected chi connectivity index (χ4v) is 3.22. The number of nitrogens with one attached hydrogen (secondary N) is 1. The van der Waals surface area contributed by atoms with E-state index in [9.17, 15) is 14.7 Å². The zero-order valence-corrected chi connectivity index (χ0v) is 12.0. The van der Waals surface area contributed by atoms with E-state index in [0.717, 1.165) is 38.5 Å². The molecule has 5 nitrogen and oxygen atoms in total. The second-order valence-electron chi connectivity index (χ2n) is 5.99. The van der Waals surface area contributed by atoms with Gasteiger partial charge in [0.25, 0.3) is 0 Å². The third-order valence-electron chi connectivity index (χ3n) is 4.46. The number of rotatable bonds is 4. The van der Waals surface area contributed by atoms with Crippen LogP contribution < -0.4 is 5.32 Å². The van der Waals surface area contributed by atoms with E-state index in [-0.39, 0.29) is 17.7 Å². The highest BCUT2D eigenvalue weighted by Gasteiger charge is 2.33. The Morgan fingerprint density at radius 1 is 1.05 bits per heavy atom. The number of carbonyl (C=O) groups excluding carboxylic acids is 1. The normalized spacial score (nSPS) is 26.5. The van der Waals surface area contributed by atoms with Gasteiger partial charge < -0.3 is 15.2 Å². The monoisotopic (exact) mass is 283 g/mol. The molecule has 20 heavy (non-hydrogen) atoms. The minimum Gasteiger partial charge on any atom is -0.480 e. The van der Waals surface area contributed by atoms with Crippen molar-refractivity contribution in [2.75, 3.05) is 13.2 Å². The van der Waals surface area contributed by atoms with Gasteiger partial charge in [-0.05, 0) is 25.7 Å². The lowest BCUT2D eigenvalue weighted by atomic mass is 9.92. The van der Waals surface area contributed by atoms with Gasteiger partial charge in [-0.1, -0.05) is 25.7 Å². The predicted molar refractivity (Wildman–Crippen MR) is 74.3 cm³/mol. The highest BCUT2D eigenvalue weighted by Crippen LogP contribution is 2.24. The summed E-state index contributed by atoms with van der Waals surface area (Å²) < 4.78 is 5.35. The smallest absolute Gasteiger partial charge is 0.326 e. The van der Waals surface area contributed by atoms with Gasteiger partial charge in [0, 0.05) is 18.4 Å². The van der Waals surface area contributed by atoms with Crippen LogP contribution in [0.5, 0.6) is 0 Å². The molecule has 0 radical (unpaired) electrons. The molecule has 1 amide bonds. The number of hydrogen-bond donors (Lipinski definition) is 2. The third kappa shape index (κ3) is 4.20. The maximum atomic E-state index is 12.3. The average Bonchev–Trinajstić information content (AvgIpc) is 2.74. The van der Waals surface area contributed by atoms with Crippen LogP contribution in [-0.2, 0) is 14.3 Å². The molecule has 1 saturated carbocycles. The summed E-state index contributed by atoms with van der Waals surface area (Å²) in [4.78, 5) is 23.7. The molecule has 2 atom stereocenters. The number of carboxylic acid groups (broad SMARTS) is 1. The van der Waals surface area contributed by atoms with Crippen molar-refractivity contribution in [3.8, 4) is 0 Å². The Morgan fingerprint density at radius 2 is 1.75 bits per heavy atom. The van der Waals surface area contributed by atoms with E-state index in [1.807, 2.05) is 0 Å². The lowest BCUT2D eigenvalue weighted by molar-refractivity contribution is -0.145. The van der Waals surface area contributed by atoms with Gasteiger partial charge in [0.1, 0.15) is 6.04 Å². The van der Waals surface area contributed by atoms with Gasteiger partial charge >= 0.3 is 5.97 Å². The van der Waals surface area contributed by atoms with E-state index < -0.39 is 12.0 Å². The molecule has 1 aliphatic carbocycles. The first kappa shape index (κ1) is 15.3. The second-order valence-corrected chi connectivity index (χ2v) is 5.99. The zero-order chi connectivity index (χ0) is 14.4. The average molecular weight is 283 g/mol. The first-order valence-electron chi connectivity index (χ1n) is 7.79. The first-order chi connectivity index (χ1) is 9.68. The Kier molecular flexibility index (Phi) is 5.83. The summed E-state index contributed by atoms with van der Waals surface area (Å²) in [5.41, 5.74) is 0. The number of ether oxygens (including phenoxy) is 1. The molecule has 0 aromatic carbocycles. The van der Waals surface area contributed by atoms with Crippen molar-refractivity contribution >= 4 is 11.9 Å². The summed E-state index contributed by atoms with van der Waals surface area (Å²) in [5, 5.41) is 12.1. The molecule has 2 aliphatic rings. The number of carbonyl (C=O) groups is 2. The van der Waals surface area contributed by atoms with Crippen molar-refractivity contribution in [1.29, 1.82) is 0 Å². The molecule has 1 heterocycles. The van der Waals surface area contributed by atoms with E-state index in [1.165, 1.54) is 12.8 Å². The highest BCUT2D eigenvalue weighted by atomic mass is 16.5. The van der Waals surface area contributed by atoms with Gasteiger partial charge in [-0.15, -0.1) is 0 Å². The van der Waals surface area contributed by atoms with Crippen LogP contribution in [-0.4, -0.2) is 36.2 Å². The SMILES string of the molecule is O=C(NC(C(=O)O)C1CCCOC1)C1CCCCCC1. The molecule has 1 saturated heterocycles. The van der Waals surface area contributed by atoms with Gasteiger partial charge in [0.15, 0.2) is 0 Å². The van der Waals surface area contributed by atoms with E-state index >= 15 is 0 Å². The Labute approximate surface area is 120 Å². The van der Waals surface area contributed by atoms with Crippen LogP contribution in [0.3, 0.4) is 0 Å². The lowest BCUT2D eigenvalue weighted by Gasteiger charge is -2.29. The van der Waals surface area contributed by atoms with Crippen LogP contribution in [0.2, 0.25) is 0 Å². The fourth-order valence-electron chi connectivity index (χ4n) is 3.22. The summed E-state index contributed by atoms with van der Waals surface area (Å²) in [6.07, 6.45) is 7.96. The topological polar surface area (TPSA) is 75.6 Å². The van der Waals surface area contributed by atoms with Gasteiger partial charge in [0.05, 0.1) is 6.61 Å². The molecule has 114 valence electrons. The van der Waals surface area contributed by atoms with Crippen LogP contribution in [0.15, 0.2) is 0 Å². The number of amides is 1.